The van der Waals surface area contributed by atoms with Crippen LogP contribution < -0.4 is 5.32 Å². The highest BCUT2D eigenvalue weighted by atomic mass is 32.2. The lowest BCUT2D eigenvalue weighted by Gasteiger charge is -2.09. The number of furan rings is 1. The molecule has 0 spiro atoms. The predicted octanol–water partition coefficient (Wildman–Crippen LogP) is 4.58. The largest absolute Gasteiger partial charge is 0.460 e. The van der Waals surface area contributed by atoms with E-state index >= 15 is 0 Å². The minimum atomic E-state index is -0.604. The van der Waals surface area contributed by atoms with Crippen molar-refractivity contribution in [3.63, 3.8) is 0 Å². The normalized spacial score (nSPS) is 10.6. The van der Waals surface area contributed by atoms with Crippen LogP contribution in [0.1, 0.15) is 27.8 Å². The van der Waals surface area contributed by atoms with E-state index in [1.807, 2.05) is 24.5 Å². The van der Waals surface area contributed by atoms with Crippen LogP contribution in [0.25, 0.3) is 11.0 Å². The Hall–Kier alpha value is -2.73. The van der Waals surface area contributed by atoms with Gasteiger partial charge in [0.15, 0.2) is 0 Å². The minimum Gasteiger partial charge on any atom is -0.460 e. The second-order valence-corrected chi connectivity index (χ2v) is 6.03. The van der Waals surface area contributed by atoms with Gasteiger partial charge in [-0.2, -0.15) is 0 Å². The molecular formula is C19H17NO4S. The van der Waals surface area contributed by atoms with Crippen molar-refractivity contribution in [2.24, 2.45) is 0 Å². The lowest BCUT2D eigenvalue weighted by Crippen LogP contribution is -2.15. The smallest absolute Gasteiger partial charge is 0.376 e. The Bertz CT molecular complexity index is 932. The highest BCUT2D eigenvalue weighted by Gasteiger charge is 2.24. The molecule has 0 atom stereocenters. The minimum absolute atomic E-state index is 0.00182. The third-order valence-corrected chi connectivity index (χ3v) is 4.44. The summed E-state index contributed by atoms with van der Waals surface area (Å²) in [5, 5.41) is 3.47. The van der Waals surface area contributed by atoms with E-state index in [-0.39, 0.29) is 18.3 Å². The Labute approximate surface area is 149 Å². The first-order valence-corrected chi connectivity index (χ1v) is 9.01. The fourth-order valence-electron chi connectivity index (χ4n) is 2.52. The summed E-state index contributed by atoms with van der Waals surface area (Å²) in [4.78, 5) is 25.8. The summed E-state index contributed by atoms with van der Waals surface area (Å²) in [5.41, 5.74) is 1.38. The third kappa shape index (κ3) is 3.39. The molecular weight excluding hydrogens is 338 g/mol. The lowest BCUT2D eigenvalue weighted by molar-refractivity contribution is 0.0494. The van der Waals surface area contributed by atoms with Gasteiger partial charge < -0.3 is 14.5 Å². The van der Waals surface area contributed by atoms with Gasteiger partial charge in [0.1, 0.15) is 11.3 Å². The van der Waals surface area contributed by atoms with Crippen molar-refractivity contribution in [2.45, 2.75) is 11.8 Å². The van der Waals surface area contributed by atoms with Crippen LogP contribution >= 0.6 is 11.8 Å². The number of rotatable bonds is 5. The van der Waals surface area contributed by atoms with Gasteiger partial charge in [-0.05, 0) is 37.4 Å². The van der Waals surface area contributed by atoms with Gasteiger partial charge in [-0.15, -0.1) is 11.8 Å². The molecule has 0 radical (unpaired) electrons. The van der Waals surface area contributed by atoms with Crippen molar-refractivity contribution in [2.75, 3.05) is 18.2 Å². The van der Waals surface area contributed by atoms with Gasteiger partial charge >= 0.3 is 5.97 Å². The van der Waals surface area contributed by atoms with Crippen molar-refractivity contribution < 1.29 is 18.7 Å². The maximum Gasteiger partial charge on any atom is 0.376 e. The summed E-state index contributed by atoms with van der Waals surface area (Å²) in [6.45, 7) is 1.94. The Balaban J connectivity index is 2.04. The number of anilines is 1. The Morgan fingerprint density at radius 3 is 2.60 bits per heavy atom. The molecule has 5 nitrogen and oxygen atoms in total. The molecule has 1 amide bonds. The number of para-hydroxylation sites is 1. The van der Waals surface area contributed by atoms with Gasteiger partial charge in [0, 0.05) is 10.3 Å². The monoisotopic (exact) mass is 355 g/mol. The Kier molecular flexibility index (Phi) is 5.09. The number of hydrogen-bond donors (Lipinski definition) is 1. The summed E-state index contributed by atoms with van der Waals surface area (Å²) >= 11 is 1.48. The van der Waals surface area contributed by atoms with Gasteiger partial charge in [0.2, 0.25) is 5.76 Å². The molecule has 0 unspecified atom stereocenters. The first kappa shape index (κ1) is 17.1. The highest BCUT2D eigenvalue weighted by Crippen LogP contribution is 2.32. The zero-order valence-corrected chi connectivity index (χ0v) is 14.7. The van der Waals surface area contributed by atoms with Crippen molar-refractivity contribution in [3.05, 3.63) is 59.9 Å². The number of nitrogens with one attached hydrogen (secondary N) is 1. The predicted molar refractivity (Wildman–Crippen MR) is 98.3 cm³/mol. The van der Waals surface area contributed by atoms with E-state index in [0.29, 0.717) is 22.2 Å². The zero-order valence-electron chi connectivity index (χ0n) is 13.9. The molecule has 0 fully saturated rings. The van der Waals surface area contributed by atoms with Crippen molar-refractivity contribution in [1.82, 2.24) is 0 Å². The van der Waals surface area contributed by atoms with E-state index < -0.39 is 5.97 Å². The van der Waals surface area contributed by atoms with Crippen LogP contribution in [-0.2, 0) is 4.74 Å². The van der Waals surface area contributed by atoms with Crippen molar-refractivity contribution in [1.29, 1.82) is 0 Å². The van der Waals surface area contributed by atoms with Gasteiger partial charge in [-0.25, -0.2) is 4.79 Å². The van der Waals surface area contributed by atoms with Crippen LogP contribution in [0.15, 0.2) is 57.8 Å². The van der Waals surface area contributed by atoms with Crippen LogP contribution in [0.3, 0.4) is 0 Å². The quantitative estimate of drug-likeness (QED) is 0.536. The number of hydrogen-bond acceptors (Lipinski definition) is 5. The van der Waals surface area contributed by atoms with Crippen molar-refractivity contribution >= 4 is 40.3 Å². The summed E-state index contributed by atoms with van der Waals surface area (Å²) in [7, 11) is 0. The highest BCUT2D eigenvalue weighted by molar-refractivity contribution is 7.98. The maximum absolute atomic E-state index is 12.7. The van der Waals surface area contributed by atoms with E-state index in [1.165, 1.54) is 11.8 Å². The SMILES string of the molecule is CCOC(=O)c1oc2ccccc2c1NC(=O)c1ccccc1SC. The number of benzene rings is 2. The maximum atomic E-state index is 12.7. The topological polar surface area (TPSA) is 68.5 Å². The van der Waals surface area contributed by atoms with Crippen LogP contribution in [0, 0.1) is 0 Å². The molecule has 1 N–H and O–H groups in total. The summed E-state index contributed by atoms with van der Waals surface area (Å²) in [6, 6.07) is 14.4. The van der Waals surface area contributed by atoms with Gasteiger partial charge in [0.25, 0.3) is 5.91 Å². The van der Waals surface area contributed by atoms with Crippen LogP contribution in [0.5, 0.6) is 0 Å². The van der Waals surface area contributed by atoms with E-state index in [9.17, 15) is 9.59 Å². The second-order valence-electron chi connectivity index (χ2n) is 5.18. The third-order valence-electron chi connectivity index (χ3n) is 3.65. The Morgan fingerprint density at radius 1 is 1.12 bits per heavy atom. The molecule has 0 aliphatic carbocycles. The fraction of sp³-hybridized carbons (Fsp3) is 0.158. The molecule has 25 heavy (non-hydrogen) atoms. The fourth-order valence-corrected chi connectivity index (χ4v) is 3.12. The summed E-state index contributed by atoms with van der Waals surface area (Å²) < 4.78 is 10.7. The molecule has 0 aliphatic heterocycles. The number of thioether (sulfide) groups is 1. The van der Waals surface area contributed by atoms with Gasteiger partial charge in [-0.1, -0.05) is 24.3 Å². The van der Waals surface area contributed by atoms with E-state index in [4.69, 9.17) is 9.15 Å². The summed E-state index contributed by atoms with van der Waals surface area (Å²) in [5.74, 6) is -0.910. The number of carbonyl (C=O) groups excluding carboxylic acids is 2. The number of amides is 1. The van der Waals surface area contributed by atoms with Crippen molar-refractivity contribution in [3.8, 4) is 0 Å². The molecule has 1 aromatic heterocycles. The second kappa shape index (κ2) is 7.44. The molecule has 3 aromatic rings. The molecule has 0 saturated heterocycles. The number of fused-ring (bicyclic) bond motifs is 1. The van der Waals surface area contributed by atoms with Crippen LogP contribution in [0.4, 0.5) is 5.69 Å². The lowest BCUT2D eigenvalue weighted by atomic mass is 10.2. The standard InChI is InChI=1S/C19H17NO4S/c1-3-23-19(22)17-16(12-8-4-6-10-14(12)24-17)20-18(21)13-9-5-7-11-15(13)25-2/h4-11H,3H2,1-2H3,(H,20,21). The number of ether oxygens (including phenoxy) is 1. The summed E-state index contributed by atoms with van der Waals surface area (Å²) in [6.07, 6.45) is 1.91. The molecule has 2 aromatic carbocycles. The average molecular weight is 355 g/mol. The van der Waals surface area contributed by atoms with Gasteiger partial charge in [-0.3, -0.25) is 4.79 Å². The van der Waals surface area contributed by atoms with Crippen LogP contribution in [0.2, 0.25) is 0 Å². The van der Waals surface area contributed by atoms with Crippen LogP contribution in [-0.4, -0.2) is 24.7 Å². The van der Waals surface area contributed by atoms with Gasteiger partial charge in [0.05, 0.1) is 12.2 Å². The molecule has 0 bridgehead atoms. The first-order chi connectivity index (χ1) is 12.2. The first-order valence-electron chi connectivity index (χ1n) is 7.78. The number of esters is 1. The molecule has 128 valence electrons. The molecule has 3 rings (SSSR count). The Morgan fingerprint density at radius 2 is 1.84 bits per heavy atom. The number of carbonyl (C=O) groups is 2. The van der Waals surface area contributed by atoms with E-state index in [1.54, 1.807) is 37.3 Å². The molecule has 0 saturated carbocycles. The zero-order chi connectivity index (χ0) is 17.8. The average Bonchev–Trinajstić information content (AvgIpc) is 3.00. The molecule has 1 heterocycles. The van der Waals surface area contributed by atoms with E-state index in [2.05, 4.69) is 5.32 Å². The molecule has 0 aliphatic rings. The van der Waals surface area contributed by atoms with E-state index in [0.717, 1.165) is 4.90 Å². The molecule has 6 heteroatoms.